The van der Waals surface area contributed by atoms with Gasteiger partial charge in [0.25, 0.3) is 0 Å². The van der Waals surface area contributed by atoms with Crippen LogP contribution in [0.5, 0.6) is 0 Å². The summed E-state index contributed by atoms with van der Waals surface area (Å²) in [6.07, 6.45) is -0.527. The van der Waals surface area contributed by atoms with Crippen molar-refractivity contribution in [3.8, 4) is 0 Å². The molecule has 4 atom stereocenters. The summed E-state index contributed by atoms with van der Waals surface area (Å²) < 4.78 is 16.3. The third kappa shape index (κ3) is 1.68. The van der Waals surface area contributed by atoms with E-state index in [2.05, 4.69) is 0 Å². The minimum atomic E-state index is -0.725. The Kier molecular flexibility index (Phi) is 2.57. The molecule has 4 unspecified atom stereocenters. The molecule has 0 amide bonds. The number of halogens is 1. The summed E-state index contributed by atoms with van der Waals surface area (Å²) in [5.74, 6) is -0.689. The molecule has 14 heavy (non-hydrogen) atoms. The van der Waals surface area contributed by atoms with Gasteiger partial charge in [-0.05, 0) is 19.9 Å². The monoisotopic (exact) mass is 220 g/mol. The number of aliphatic hydroxyl groups excluding tert-OH is 1. The summed E-state index contributed by atoms with van der Waals surface area (Å²) in [7, 11) is 0. The minimum Gasteiger partial charge on any atom is -0.387 e. The van der Waals surface area contributed by atoms with Crippen molar-refractivity contribution >= 4 is 11.6 Å². The highest BCUT2D eigenvalue weighted by molar-refractivity contribution is 6.25. The first kappa shape index (κ1) is 10.4. The zero-order chi connectivity index (χ0) is 10.3. The average Bonchev–Trinajstić information content (AvgIpc) is 2.50. The molecular formula is C9H13ClO4. The summed E-state index contributed by atoms with van der Waals surface area (Å²) in [6.45, 7) is 3.57. The Balaban J connectivity index is 2.07. The normalized spacial score (nSPS) is 46.0. The molecule has 2 heterocycles. The van der Waals surface area contributed by atoms with Crippen molar-refractivity contribution in [2.75, 3.05) is 0 Å². The molecule has 2 aliphatic heterocycles. The third-order valence-corrected chi connectivity index (χ3v) is 2.46. The quantitative estimate of drug-likeness (QED) is 0.716. The molecule has 0 saturated carbocycles. The van der Waals surface area contributed by atoms with Crippen molar-refractivity contribution in [2.24, 2.45) is 0 Å². The summed E-state index contributed by atoms with van der Waals surface area (Å²) >= 11 is 5.41. The third-order valence-electron chi connectivity index (χ3n) is 2.31. The lowest BCUT2D eigenvalue weighted by molar-refractivity contribution is -0.209. The fraction of sp³-hybridized carbons (Fsp3) is 0.778. The van der Waals surface area contributed by atoms with Crippen molar-refractivity contribution in [1.82, 2.24) is 0 Å². The molecule has 0 aromatic rings. The van der Waals surface area contributed by atoms with Crippen LogP contribution in [0.2, 0.25) is 0 Å². The SMILES string of the molecule is CC1(C)OC2OC(C=CCl)C(O)C2O1. The number of ether oxygens (including phenoxy) is 3. The second kappa shape index (κ2) is 3.47. The Hall–Kier alpha value is -0.130. The van der Waals surface area contributed by atoms with Gasteiger partial charge in [-0.3, -0.25) is 0 Å². The van der Waals surface area contributed by atoms with Crippen LogP contribution in [-0.4, -0.2) is 35.5 Å². The predicted molar refractivity (Wildman–Crippen MR) is 49.7 cm³/mol. The first-order valence-electron chi connectivity index (χ1n) is 4.49. The van der Waals surface area contributed by atoms with Crippen LogP contribution >= 0.6 is 11.6 Å². The van der Waals surface area contributed by atoms with Gasteiger partial charge in [0, 0.05) is 5.54 Å². The van der Waals surface area contributed by atoms with Gasteiger partial charge in [0.2, 0.25) is 0 Å². The molecule has 1 N–H and O–H groups in total. The lowest BCUT2D eigenvalue weighted by atomic mass is 10.1. The van der Waals surface area contributed by atoms with Crippen LogP contribution in [0.15, 0.2) is 11.6 Å². The highest BCUT2D eigenvalue weighted by Crippen LogP contribution is 2.37. The zero-order valence-corrected chi connectivity index (χ0v) is 8.77. The van der Waals surface area contributed by atoms with Crippen molar-refractivity contribution in [1.29, 1.82) is 0 Å². The van der Waals surface area contributed by atoms with Gasteiger partial charge in [0.15, 0.2) is 12.1 Å². The van der Waals surface area contributed by atoms with Crippen molar-refractivity contribution in [3.05, 3.63) is 11.6 Å². The molecule has 2 saturated heterocycles. The molecule has 0 spiro atoms. The van der Waals surface area contributed by atoms with E-state index in [1.807, 2.05) is 0 Å². The fourth-order valence-electron chi connectivity index (χ4n) is 1.75. The smallest absolute Gasteiger partial charge is 0.190 e. The van der Waals surface area contributed by atoms with Crippen molar-refractivity contribution in [2.45, 2.75) is 44.2 Å². The summed E-state index contributed by atoms with van der Waals surface area (Å²) in [5.41, 5.74) is 1.32. The second-order valence-electron chi connectivity index (χ2n) is 3.88. The molecule has 0 aliphatic carbocycles. The Morgan fingerprint density at radius 3 is 2.64 bits per heavy atom. The lowest BCUT2D eigenvalue weighted by Crippen LogP contribution is -2.33. The first-order valence-corrected chi connectivity index (χ1v) is 4.93. The van der Waals surface area contributed by atoms with Gasteiger partial charge in [0.1, 0.15) is 18.3 Å². The molecule has 80 valence electrons. The van der Waals surface area contributed by atoms with E-state index in [1.54, 1.807) is 19.9 Å². The van der Waals surface area contributed by atoms with Crippen LogP contribution in [0.4, 0.5) is 0 Å². The molecule has 0 aromatic carbocycles. The van der Waals surface area contributed by atoms with E-state index in [0.29, 0.717) is 0 Å². The van der Waals surface area contributed by atoms with Crippen LogP contribution in [-0.2, 0) is 14.2 Å². The maximum atomic E-state index is 9.78. The molecule has 2 rings (SSSR count). The van der Waals surface area contributed by atoms with Gasteiger partial charge in [-0.1, -0.05) is 11.6 Å². The van der Waals surface area contributed by atoms with Crippen molar-refractivity contribution < 1.29 is 19.3 Å². The number of aliphatic hydroxyl groups is 1. The Bertz CT molecular complexity index is 253. The number of hydrogen-bond donors (Lipinski definition) is 1. The summed E-state index contributed by atoms with van der Waals surface area (Å²) in [6, 6.07) is 0. The Morgan fingerprint density at radius 1 is 1.36 bits per heavy atom. The Labute approximate surface area is 87.4 Å². The van der Waals surface area contributed by atoms with Crippen LogP contribution in [0.3, 0.4) is 0 Å². The topological polar surface area (TPSA) is 47.9 Å². The highest BCUT2D eigenvalue weighted by Gasteiger charge is 2.53. The van der Waals surface area contributed by atoms with E-state index in [9.17, 15) is 5.11 Å². The van der Waals surface area contributed by atoms with E-state index >= 15 is 0 Å². The maximum absolute atomic E-state index is 9.78. The number of rotatable bonds is 1. The number of hydrogen-bond acceptors (Lipinski definition) is 4. The van der Waals surface area contributed by atoms with Gasteiger partial charge >= 0.3 is 0 Å². The predicted octanol–water partition coefficient (Wildman–Crippen LogP) is 0.976. The van der Waals surface area contributed by atoms with E-state index < -0.39 is 30.4 Å². The molecule has 0 aromatic heterocycles. The standard InChI is InChI=1S/C9H13ClO4/c1-9(2)13-7-6(11)5(3-4-10)12-8(7)14-9/h3-8,11H,1-2H3. The van der Waals surface area contributed by atoms with E-state index in [-0.39, 0.29) is 0 Å². The van der Waals surface area contributed by atoms with Crippen LogP contribution < -0.4 is 0 Å². The molecule has 4 nitrogen and oxygen atoms in total. The molecular weight excluding hydrogens is 208 g/mol. The molecule has 5 heteroatoms. The second-order valence-corrected chi connectivity index (χ2v) is 4.13. The molecule has 2 fully saturated rings. The van der Waals surface area contributed by atoms with Crippen molar-refractivity contribution in [3.63, 3.8) is 0 Å². The van der Waals surface area contributed by atoms with E-state index in [0.717, 1.165) is 0 Å². The Morgan fingerprint density at radius 2 is 2.07 bits per heavy atom. The average molecular weight is 221 g/mol. The van der Waals surface area contributed by atoms with Crippen LogP contribution in [0.1, 0.15) is 13.8 Å². The van der Waals surface area contributed by atoms with Gasteiger partial charge < -0.3 is 19.3 Å². The van der Waals surface area contributed by atoms with Crippen LogP contribution in [0, 0.1) is 0 Å². The summed E-state index contributed by atoms with van der Waals surface area (Å²) in [5, 5.41) is 9.78. The lowest BCUT2D eigenvalue weighted by Gasteiger charge is -2.21. The molecule has 2 aliphatic rings. The minimum absolute atomic E-state index is 0.428. The van der Waals surface area contributed by atoms with E-state index in [4.69, 9.17) is 25.8 Å². The van der Waals surface area contributed by atoms with Gasteiger partial charge in [-0.15, -0.1) is 0 Å². The van der Waals surface area contributed by atoms with Gasteiger partial charge in [-0.2, -0.15) is 0 Å². The first-order chi connectivity index (χ1) is 6.53. The highest BCUT2D eigenvalue weighted by atomic mass is 35.5. The molecule has 0 radical (unpaired) electrons. The van der Waals surface area contributed by atoms with Crippen LogP contribution in [0.25, 0.3) is 0 Å². The molecule has 0 bridgehead atoms. The van der Waals surface area contributed by atoms with E-state index in [1.165, 1.54) is 5.54 Å². The fourth-order valence-corrected chi connectivity index (χ4v) is 1.89. The van der Waals surface area contributed by atoms with Gasteiger partial charge in [-0.25, -0.2) is 0 Å². The maximum Gasteiger partial charge on any atom is 0.190 e. The number of fused-ring (bicyclic) bond motifs is 1. The van der Waals surface area contributed by atoms with Gasteiger partial charge in [0.05, 0.1) is 0 Å². The summed E-state index contributed by atoms with van der Waals surface area (Å²) in [4.78, 5) is 0. The largest absolute Gasteiger partial charge is 0.387 e. The zero-order valence-electron chi connectivity index (χ0n) is 8.01.